The summed E-state index contributed by atoms with van der Waals surface area (Å²) >= 11 is 0. The van der Waals surface area contributed by atoms with Crippen molar-refractivity contribution in [2.75, 3.05) is 13.1 Å². The molecule has 24 heavy (non-hydrogen) atoms. The van der Waals surface area contributed by atoms with Gasteiger partial charge in [0.05, 0.1) is 0 Å². The molecule has 4 rings (SSSR count). The number of nitrogens with one attached hydrogen (secondary N) is 1. The monoisotopic (exact) mass is 322 g/mol. The fourth-order valence-corrected chi connectivity index (χ4v) is 3.15. The molecule has 1 N–H and O–H groups in total. The van der Waals surface area contributed by atoms with Gasteiger partial charge in [0.25, 0.3) is 5.91 Å². The smallest absolute Gasteiger partial charge is 0.271 e. The summed E-state index contributed by atoms with van der Waals surface area (Å²) in [5.74, 6) is 1.10. The number of hydrogen-bond acceptors (Lipinski definition) is 4. The predicted molar refractivity (Wildman–Crippen MR) is 87.8 cm³/mol. The van der Waals surface area contributed by atoms with E-state index < -0.39 is 0 Å². The summed E-state index contributed by atoms with van der Waals surface area (Å²) in [7, 11) is 0. The minimum Gasteiger partial charge on any atom is -0.337 e. The Morgan fingerprint density at radius 2 is 2.21 bits per heavy atom. The highest BCUT2D eigenvalue weighted by Crippen LogP contribution is 2.27. The van der Waals surface area contributed by atoms with Crippen molar-refractivity contribution < 1.29 is 4.79 Å². The van der Waals surface area contributed by atoms with Crippen LogP contribution in [0.25, 0.3) is 5.82 Å². The van der Waals surface area contributed by atoms with E-state index >= 15 is 0 Å². The summed E-state index contributed by atoms with van der Waals surface area (Å²) in [6, 6.07) is 7.72. The Hall–Kier alpha value is -2.96. The van der Waals surface area contributed by atoms with E-state index in [9.17, 15) is 4.79 Å². The molecule has 0 spiro atoms. The lowest BCUT2D eigenvalue weighted by molar-refractivity contribution is 0.0700. The lowest BCUT2D eigenvalue weighted by Crippen LogP contribution is -2.39. The van der Waals surface area contributed by atoms with Crippen molar-refractivity contribution in [2.45, 2.75) is 18.8 Å². The molecule has 0 saturated carbocycles. The second kappa shape index (κ2) is 6.27. The maximum absolute atomic E-state index is 12.5. The van der Waals surface area contributed by atoms with Gasteiger partial charge in [0.2, 0.25) is 0 Å². The van der Waals surface area contributed by atoms with Crippen LogP contribution < -0.4 is 0 Å². The van der Waals surface area contributed by atoms with Crippen molar-refractivity contribution in [2.24, 2.45) is 0 Å². The van der Waals surface area contributed by atoms with E-state index in [2.05, 4.69) is 15.2 Å². The maximum Gasteiger partial charge on any atom is 0.271 e. The number of aromatic nitrogens is 5. The van der Waals surface area contributed by atoms with Gasteiger partial charge in [-0.1, -0.05) is 6.07 Å². The molecule has 3 aromatic heterocycles. The van der Waals surface area contributed by atoms with Crippen LogP contribution in [0, 0.1) is 0 Å². The zero-order valence-electron chi connectivity index (χ0n) is 13.2. The Morgan fingerprint density at radius 3 is 3.00 bits per heavy atom. The molecular formula is C17H18N6O. The highest BCUT2D eigenvalue weighted by molar-refractivity contribution is 5.92. The molecule has 1 aliphatic heterocycles. The molecular weight excluding hydrogens is 304 g/mol. The number of nitrogens with zero attached hydrogens (tertiary/aromatic N) is 5. The summed E-state index contributed by atoms with van der Waals surface area (Å²) in [4.78, 5) is 23.2. The van der Waals surface area contributed by atoms with Crippen molar-refractivity contribution >= 4 is 5.91 Å². The van der Waals surface area contributed by atoms with Crippen LogP contribution in [0.3, 0.4) is 0 Å². The van der Waals surface area contributed by atoms with Crippen molar-refractivity contribution in [1.29, 1.82) is 0 Å². The van der Waals surface area contributed by atoms with E-state index in [-0.39, 0.29) is 11.8 Å². The van der Waals surface area contributed by atoms with Gasteiger partial charge >= 0.3 is 0 Å². The first-order valence-corrected chi connectivity index (χ1v) is 8.05. The molecule has 1 atom stereocenters. The first kappa shape index (κ1) is 14.6. The van der Waals surface area contributed by atoms with Crippen molar-refractivity contribution in [1.82, 2.24) is 29.6 Å². The first-order valence-electron chi connectivity index (χ1n) is 8.05. The number of pyridine rings is 1. The normalized spacial score (nSPS) is 17.8. The topological polar surface area (TPSA) is 79.7 Å². The summed E-state index contributed by atoms with van der Waals surface area (Å²) in [5.41, 5.74) is 1.55. The second-order valence-electron chi connectivity index (χ2n) is 5.95. The predicted octanol–water partition coefficient (Wildman–Crippen LogP) is 2.01. The second-order valence-corrected chi connectivity index (χ2v) is 5.95. The molecule has 0 radical (unpaired) electrons. The van der Waals surface area contributed by atoms with Gasteiger partial charge in [0.1, 0.15) is 17.8 Å². The van der Waals surface area contributed by atoms with Gasteiger partial charge in [-0.25, -0.2) is 9.97 Å². The first-order chi connectivity index (χ1) is 11.8. The van der Waals surface area contributed by atoms with Crippen LogP contribution in [0.2, 0.25) is 0 Å². The zero-order chi connectivity index (χ0) is 16.4. The van der Waals surface area contributed by atoms with E-state index in [0.717, 1.165) is 30.9 Å². The summed E-state index contributed by atoms with van der Waals surface area (Å²) < 4.78 is 1.89. The van der Waals surface area contributed by atoms with Crippen LogP contribution in [-0.2, 0) is 0 Å². The SMILES string of the molecule is O=C(c1ccn[nH]1)N1CCC[C@@H](c2cccc(-n3ccnc3)n2)C1. The largest absolute Gasteiger partial charge is 0.337 e. The molecule has 7 nitrogen and oxygen atoms in total. The van der Waals surface area contributed by atoms with Gasteiger partial charge in [-0.2, -0.15) is 5.10 Å². The minimum absolute atomic E-state index is 0.00274. The van der Waals surface area contributed by atoms with Gasteiger partial charge in [-0.15, -0.1) is 0 Å². The number of likely N-dealkylation sites (tertiary alicyclic amines) is 1. The molecule has 0 aromatic carbocycles. The standard InChI is InChI=1S/C17H18N6O/c24-17(15-6-7-19-21-15)22-9-2-3-13(11-22)14-4-1-5-16(20-14)23-10-8-18-12-23/h1,4-8,10,12-13H,2-3,9,11H2,(H,19,21)/t13-/m1/s1. The molecule has 3 aromatic rings. The van der Waals surface area contributed by atoms with Crippen LogP contribution in [0.5, 0.6) is 0 Å². The number of H-pyrrole nitrogens is 1. The van der Waals surface area contributed by atoms with E-state index in [0.29, 0.717) is 12.2 Å². The Labute approximate surface area is 139 Å². The quantitative estimate of drug-likeness (QED) is 0.800. The molecule has 4 heterocycles. The number of rotatable bonds is 3. The third-order valence-corrected chi connectivity index (χ3v) is 4.38. The Morgan fingerprint density at radius 1 is 1.25 bits per heavy atom. The number of carbonyl (C=O) groups is 1. The molecule has 1 aliphatic rings. The Kier molecular flexibility index (Phi) is 3.82. The molecule has 1 saturated heterocycles. The zero-order valence-corrected chi connectivity index (χ0v) is 13.2. The number of aromatic amines is 1. The van der Waals surface area contributed by atoms with Crippen LogP contribution in [0.1, 0.15) is 34.9 Å². The third-order valence-electron chi connectivity index (χ3n) is 4.38. The van der Waals surface area contributed by atoms with Gasteiger partial charge in [0.15, 0.2) is 0 Å². The van der Waals surface area contributed by atoms with Crippen LogP contribution in [-0.4, -0.2) is 48.6 Å². The average Bonchev–Trinajstić information content (AvgIpc) is 3.35. The van der Waals surface area contributed by atoms with Crippen molar-refractivity contribution in [3.8, 4) is 5.82 Å². The van der Waals surface area contributed by atoms with Crippen LogP contribution >= 0.6 is 0 Å². The minimum atomic E-state index is 0.00274. The van der Waals surface area contributed by atoms with Gasteiger partial charge in [0, 0.05) is 43.3 Å². The third kappa shape index (κ3) is 2.80. The Balaban J connectivity index is 1.54. The molecule has 122 valence electrons. The van der Waals surface area contributed by atoms with Gasteiger partial charge < -0.3 is 4.90 Å². The van der Waals surface area contributed by atoms with E-state index in [1.807, 2.05) is 33.9 Å². The molecule has 0 aliphatic carbocycles. The molecule has 0 bridgehead atoms. The van der Waals surface area contributed by atoms with E-state index in [1.165, 1.54) is 0 Å². The highest BCUT2D eigenvalue weighted by Gasteiger charge is 2.27. The summed E-state index contributed by atoms with van der Waals surface area (Å²) in [5, 5.41) is 6.61. The van der Waals surface area contributed by atoms with Crippen molar-refractivity contribution in [3.63, 3.8) is 0 Å². The fraction of sp³-hybridized carbons (Fsp3) is 0.294. The number of amides is 1. The summed E-state index contributed by atoms with van der Waals surface area (Å²) in [6.45, 7) is 1.45. The number of piperidine rings is 1. The average molecular weight is 322 g/mol. The van der Waals surface area contributed by atoms with E-state index in [4.69, 9.17) is 4.98 Å². The maximum atomic E-state index is 12.5. The fourth-order valence-electron chi connectivity index (χ4n) is 3.15. The van der Waals surface area contributed by atoms with Crippen molar-refractivity contribution in [3.05, 3.63) is 60.6 Å². The molecule has 1 fully saturated rings. The van der Waals surface area contributed by atoms with Gasteiger partial charge in [-0.05, 0) is 31.0 Å². The Bertz CT molecular complexity index is 811. The number of carbonyl (C=O) groups excluding carboxylic acids is 1. The van der Waals surface area contributed by atoms with E-state index in [1.54, 1.807) is 24.8 Å². The molecule has 7 heteroatoms. The number of imidazole rings is 1. The number of hydrogen-bond donors (Lipinski definition) is 1. The lowest BCUT2D eigenvalue weighted by atomic mass is 9.94. The lowest BCUT2D eigenvalue weighted by Gasteiger charge is -2.32. The summed E-state index contributed by atoms with van der Waals surface area (Å²) in [6.07, 6.45) is 8.96. The van der Waals surface area contributed by atoms with Crippen LogP contribution in [0.15, 0.2) is 49.2 Å². The van der Waals surface area contributed by atoms with Gasteiger partial charge in [-0.3, -0.25) is 14.5 Å². The molecule has 0 unspecified atom stereocenters. The molecule has 1 amide bonds. The highest BCUT2D eigenvalue weighted by atomic mass is 16.2. The van der Waals surface area contributed by atoms with Crippen LogP contribution in [0.4, 0.5) is 0 Å².